The van der Waals surface area contributed by atoms with E-state index in [1.165, 1.54) is 6.07 Å². The Balaban J connectivity index is 1.94. The number of hydrogen-bond donors (Lipinski definition) is 1. The summed E-state index contributed by atoms with van der Waals surface area (Å²) >= 11 is 0. The van der Waals surface area contributed by atoms with E-state index < -0.39 is 11.7 Å². The van der Waals surface area contributed by atoms with E-state index in [0.29, 0.717) is 11.3 Å². The van der Waals surface area contributed by atoms with E-state index in [1.807, 2.05) is 0 Å². The van der Waals surface area contributed by atoms with Crippen molar-refractivity contribution in [1.29, 1.82) is 0 Å². The van der Waals surface area contributed by atoms with E-state index in [0.717, 1.165) is 5.39 Å². The van der Waals surface area contributed by atoms with Crippen molar-refractivity contribution in [3.8, 4) is 5.75 Å². The lowest BCUT2D eigenvalue weighted by atomic mass is 10.2. The Morgan fingerprint density at radius 1 is 1.29 bits per heavy atom. The molecule has 0 radical (unpaired) electrons. The minimum absolute atomic E-state index is 0.0282. The summed E-state index contributed by atoms with van der Waals surface area (Å²) in [5.74, 6) is 0.0826. The van der Waals surface area contributed by atoms with Gasteiger partial charge in [0.2, 0.25) is 0 Å². The maximum absolute atomic E-state index is 11.1. The largest absolute Gasteiger partial charge is 0.491 e. The van der Waals surface area contributed by atoms with Gasteiger partial charge in [-0.1, -0.05) is 6.92 Å². The second-order valence-electron chi connectivity index (χ2n) is 4.46. The normalized spacial score (nSPS) is 12.1. The number of esters is 1. The van der Waals surface area contributed by atoms with Crippen LogP contribution in [0.5, 0.6) is 5.75 Å². The van der Waals surface area contributed by atoms with Crippen LogP contribution in [-0.4, -0.2) is 30.4 Å². The van der Waals surface area contributed by atoms with Crippen molar-refractivity contribution >= 4 is 16.9 Å². The van der Waals surface area contributed by atoms with E-state index in [2.05, 4.69) is 0 Å². The van der Waals surface area contributed by atoms with Gasteiger partial charge in [0.05, 0.1) is 0 Å². The first-order valence-corrected chi connectivity index (χ1v) is 6.59. The van der Waals surface area contributed by atoms with Crippen molar-refractivity contribution in [3.05, 3.63) is 40.8 Å². The Labute approximate surface area is 120 Å². The van der Waals surface area contributed by atoms with Crippen LogP contribution in [0.25, 0.3) is 11.0 Å². The van der Waals surface area contributed by atoms with E-state index in [1.54, 1.807) is 31.2 Å². The van der Waals surface area contributed by atoms with Gasteiger partial charge in [-0.05, 0) is 18.2 Å². The second kappa shape index (κ2) is 6.90. The van der Waals surface area contributed by atoms with Gasteiger partial charge in [0, 0.05) is 23.9 Å². The number of aliphatic hydroxyl groups excluding tert-OH is 1. The number of carbonyl (C=O) groups excluding carboxylic acids is 1. The summed E-state index contributed by atoms with van der Waals surface area (Å²) in [7, 11) is 0. The summed E-state index contributed by atoms with van der Waals surface area (Å²) in [6.45, 7) is 1.53. The number of fused-ring (bicyclic) bond motifs is 1. The second-order valence-corrected chi connectivity index (χ2v) is 4.46. The van der Waals surface area contributed by atoms with Gasteiger partial charge < -0.3 is 19.0 Å². The first-order chi connectivity index (χ1) is 10.1. The lowest BCUT2D eigenvalue weighted by Crippen LogP contribution is -2.25. The Hall–Kier alpha value is -2.34. The van der Waals surface area contributed by atoms with Gasteiger partial charge in [0.15, 0.2) is 0 Å². The van der Waals surface area contributed by atoms with Gasteiger partial charge in [-0.25, -0.2) is 4.79 Å². The third kappa shape index (κ3) is 4.32. The van der Waals surface area contributed by atoms with Gasteiger partial charge in [0.25, 0.3) is 0 Å². The number of benzene rings is 1. The molecule has 2 rings (SSSR count). The van der Waals surface area contributed by atoms with Crippen LogP contribution >= 0.6 is 0 Å². The zero-order chi connectivity index (χ0) is 15.2. The molecule has 2 aromatic rings. The third-order valence-electron chi connectivity index (χ3n) is 2.76. The smallest absolute Gasteiger partial charge is 0.336 e. The van der Waals surface area contributed by atoms with E-state index >= 15 is 0 Å². The third-order valence-corrected chi connectivity index (χ3v) is 2.76. The molecule has 1 aromatic heterocycles. The quantitative estimate of drug-likeness (QED) is 0.641. The zero-order valence-corrected chi connectivity index (χ0v) is 11.6. The molecule has 0 amide bonds. The summed E-state index contributed by atoms with van der Waals surface area (Å²) in [4.78, 5) is 22.1. The first kappa shape index (κ1) is 15.1. The zero-order valence-electron chi connectivity index (χ0n) is 11.6. The van der Waals surface area contributed by atoms with Crippen molar-refractivity contribution in [2.24, 2.45) is 0 Å². The highest BCUT2D eigenvalue weighted by atomic mass is 16.5. The maximum Gasteiger partial charge on any atom is 0.336 e. The minimum atomic E-state index is -0.918. The van der Waals surface area contributed by atoms with Crippen LogP contribution in [0.1, 0.15) is 13.3 Å². The van der Waals surface area contributed by atoms with Crippen molar-refractivity contribution in [2.45, 2.75) is 19.4 Å². The fourth-order valence-electron chi connectivity index (χ4n) is 1.66. The first-order valence-electron chi connectivity index (χ1n) is 6.59. The lowest BCUT2D eigenvalue weighted by Gasteiger charge is -2.12. The fraction of sp³-hybridized carbons (Fsp3) is 0.333. The summed E-state index contributed by atoms with van der Waals surface area (Å²) in [6.07, 6.45) is -0.656. The molecule has 21 heavy (non-hydrogen) atoms. The molecule has 1 atom stereocenters. The van der Waals surface area contributed by atoms with Crippen LogP contribution in [-0.2, 0) is 9.53 Å². The molecule has 112 valence electrons. The van der Waals surface area contributed by atoms with E-state index in [-0.39, 0.29) is 25.6 Å². The Bertz CT molecular complexity index is 675. The molecule has 0 saturated carbocycles. The number of hydrogen-bond acceptors (Lipinski definition) is 6. The van der Waals surface area contributed by atoms with Crippen molar-refractivity contribution in [3.63, 3.8) is 0 Å². The van der Waals surface area contributed by atoms with Crippen molar-refractivity contribution in [2.75, 3.05) is 13.2 Å². The molecule has 0 fully saturated rings. The van der Waals surface area contributed by atoms with Crippen molar-refractivity contribution in [1.82, 2.24) is 0 Å². The molecule has 1 unspecified atom stereocenters. The van der Waals surface area contributed by atoms with Crippen LogP contribution in [0.3, 0.4) is 0 Å². The summed E-state index contributed by atoms with van der Waals surface area (Å²) in [6, 6.07) is 8.02. The van der Waals surface area contributed by atoms with Crippen LogP contribution in [0.15, 0.2) is 39.5 Å². The molecule has 0 aliphatic rings. The predicted molar refractivity (Wildman–Crippen MR) is 75.2 cm³/mol. The molecule has 1 heterocycles. The fourth-order valence-corrected chi connectivity index (χ4v) is 1.66. The molecule has 1 aromatic carbocycles. The monoisotopic (exact) mass is 292 g/mol. The highest BCUT2D eigenvalue weighted by molar-refractivity contribution is 5.77. The number of ether oxygens (including phenoxy) is 2. The molecule has 0 bridgehead atoms. The van der Waals surface area contributed by atoms with Crippen LogP contribution in [0.2, 0.25) is 0 Å². The lowest BCUT2D eigenvalue weighted by molar-refractivity contribution is -0.146. The summed E-state index contributed by atoms with van der Waals surface area (Å²) in [5, 5.41) is 10.4. The summed E-state index contributed by atoms with van der Waals surface area (Å²) < 4.78 is 15.2. The predicted octanol–water partition coefficient (Wildman–Crippen LogP) is 1.49. The van der Waals surface area contributed by atoms with E-state index in [9.17, 15) is 14.7 Å². The number of aliphatic hydroxyl groups is 1. The van der Waals surface area contributed by atoms with Crippen LogP contribution < -0.4 is 10.4 Å². The Kier molecular flexibility index (Phi) is 4.94. The van der Waals surface area contributed by atoms with Crippen molar-refractivity contribution < 1.29 is 23.8 Å². The molecule has 0 spiro atoms. The molecule has 6 nitrogen and oxygen atoms in total. The molecular formula is C15H16O6. The number of rotatable bonds is 6. The SMILES string of the molecule is CCC(=O)OCC(O)COc1ccc2ccc(=O)oc2c1. The molecule has 0 saturated heterocycles. The Morgan fingerprint density at radius 3 is 2.81 bits per heavy atom. The number of carbonyl (C=O) groups is 1. The topological polar surface area (TPSA) is 86.0 Å². The van der Waals surface area contributed by atoms with Crippen LogP contribution in [0.4, 0.5) is 0 Å². The van der Waals surface area contributed by atoms with Crippen LogP contribution in [0, 0.1) is 0 Å². The van der Waals surface area contributed by atoms with Gasteiger partial charge >= 0.3 is 11.6 Å². The average molecular weight is 292 g/mol. The standard InChI is InChI=1S/C15H16O6/c1-2-14(17)20-9-11(16)8-19-12-5-3-10-4-6-15(18)21-13(10)7-12/h3-7,11,16H,2,8-9H2,1H3. The van der Waals surface area contributed by atoms with Gasteiger partial charge in [-0.3, -0.25) is 4.79 Å². The van der Waals surface area contributed by atoms with Gasteiger partial charge in [-0.2, -0.15) is 0 Å². The highest BCUT2D eigenvalue weighted by Gasteiger charge is 2.09. The molecule has 0 aliphatic carbocycles. The molecule has 1 N–H and O–H groups in total. The van der Waals surface area contributed by atoms with E-state index in [4.69, 9.17) is 13.9 Å². The molecule has 0 aliphatic heterocycles. The van der Waals surface area contributed by atoms with Gasteiger partial charge in [0.1, 0.15) is 30.7 Å². The average Bonchev–Trinajstić information content (AvgIpc) is 2.49. The summed E-state index contributed by atoms with van der Waals surface area (Å²) in [5.41, 5.74) is -0.0296. The van der Waals surface area contributed by atoms with Gasteiger partial charge in [-0.15, -0.1) is 0 Å². The maximum atomic E-state index is 11.1. The highest BCUT2D eigenvalue weighted by Crippen LogP contribution is 2.19. The molecular weight excluding hydrogens is 276 g/mol. The molecule has 6 heteroatoms. The minimum Gasteiger partial charge on any atom is -0.491 e. The Morgan fingerprint density at radius 2 is 2.05 bits per heavy atom.